The number of rotatable bonds is 4. The van der Waals surface area contributed by atoms with E-state index in [9.17, 15) is 4.79 Å². The van der Waals surface area contributed by atoms with Crippen molar-refractivity contribution < 1.29 is 4.79 Å². The number of benzene rings is 1. The number of nitrogens with zero attached hydrogens (tertiary/aromatic N) is 4. The van der Waals surface area contributed by atoms with E-state index >= 15 is 0 Å². The lowest BCUT2D eigenvalue weighted by Gasteiger charge is -2.36. The molecule has 6 heteroatoms. The first-order valence-electron chi connectivity index (χ1n) is 8.58. The number of carbonyl (C=O) groups is 1. The molecule has 132 valence electrons. The highest BCUT2D eigenvalue weighted by atomic mass is 16.2. The zero-order valence-electron chi connectivity index (χ0n) is 14.9. The topological polar surface area (TPSA) is 51.7 Å². The zero-order chi connectivity index (χ0) is 17.6. The highest BCUT2D eigenvalue weighted by Crippen LogP contribution is 2.20. The van der Waals surface area contributed by atoms with Crippen molar-refractivity contribution in [1.82, 2.24) is 15.2 Å². The van der Waals surface area contributed by atoms with E-state index in [1.165, 1.54) is 11.4 Å². The number of anilines is 2. The third-order valence-corrected chi connectivity index (χ3v) is 4.45. The monoisotopic (exact) mass is 339 g/mol. The van der Waals surface area contributed by atoms with Crippen LogP contribution in [0, 0.1) is 0 Å². The number of nitrogens with one attached hydrogen (secondary N) is 1. The standard InChI is InChI=1S/C19H25N5O/c1-22(2)17-6-8-18(9-7-17)23-11-13-24(14-12-23)19(25)21-15-16-5-3-4-10-20-16/h3-10H,11-15H2,1-2H3,(H,21,25). The van der Waals surface area contributed by atoms with Crippen LogP contribution in [0.25, 0.3) is 0 Å². The Bertz CT molecular complexity index is 679. The lowest BCUT2D eigenvalue weighted by Crippen LogP contribution is -2.51. The fourth-order valence-electron chi connectivity index (χ4n) is 2.91. The Morgan fingerprint density at radius 2 is 1.80 bits per heavy atom. The van der Waals surface area contributed by atoms with Crippen LogP contribution < -0.4 is 15.1 Å². The zero-order valence-corrected chi connectivity index (χ0v) is 14.9. The molecule has 25 heavy (non-hydrogen) atoms. The van der Waals surface area contributed by atoms with E-state index in [0.29, 0.717) is 6.54 Å². The Labute approximate surface area is 149 Å². The van der Waals surface area contributed by atoms with Gasteiger partial charge < -0.3 is 20.0 Å². The third kappa shape index (κ3) is 4.41. The van der Waals surface area contributed by atoms with Gasteiger partial charge in [0.1, 0.15) is 0 Å². The second kappa shape index (κ2) is 7.88. The van der Waals surface area contributed by atoms with E-state index in [2.05, 4.69) is 44.4 Å². The summed E-state index contributed by atoms with van der Waals surface area (Å²) in [4.78, 5) is 22.8. The summed E-state index contributed by atoms with van der Waals surface area (Å²) in [6.45, 7) is 3.61. The number of amides is 2. The van der Waals surface area contributed by atoms with Crippen molar-refractivity contribution in [3.63, 3.8) is 0 Å². The molecule has 0 radical (unpaired) electrons. The van der Waals surface area contributed by atoms with E-state index in [1.54, 1.807) is 6.20 Å². The van der Waals surface area contributed by atoms with Gasteiger partial charge in [-0.1, -0.05) is 6.07 Å². The van der Waals surface area contributed by atoms with Crippen LogP contribution in [0.3, 0.4) is 0 Å². The van der Waals surface area contributed by atoms with Crippen molar-refractivity contribution >= 4 is 17.4 Å². The molecule has 1 fully saturated rings. The quantitative estimate of drug-likeness (QED) is 0.928. The van der Waals surface area contributed by atoms with Gasteiger partial charge in [0, 0.05) is 57.8 Å². The molecule has 2 aromatic rings. The number of aromatic nitrogens is 1. The number of pyridine rings is 1. The second-order valence-corrected chi connectivity index (χ2v) is 6.36. The van der Waals surface area contributed by atoms with Gasteiger partial charge in [0.05, 0.1) is 12.2 Å². The van der Waals surface area contributed by atoms with Crippen LogP contribution in [0.5, 0.6) is 0 Å². The molecule has 1 saturated heterocycles. The summed E-state index contributed by atoms with van der Waals surface area (Å²) in [5.74, 6) is 0. The largest absolute Gasteiger partial charge is 0.378 e. The molecule has 0 spiro atoms. The summed E-state index contributed by atoms with van der Waals surface area (Å²) in [6, 6.07) is 14.2. The van der Waals surface area contributed by atoms with Gasteiger partial charge in [-0.15, -0.1) is 0 Å². The van der Waals surface area contributed by atoms with Crippen LogP contribution in [-0.2, 0) is 6.54 Å². The van der Waals surface area contributed by atoms with Crippen molar-refractivity contribution in [2.75, 3.05) is 50.1 Å². The number of carbonyl (C=O) groups excluding carboxylic acids is 1. The molecular formula is C19H25N5O. The van der Waals surface area contributed by atoms with E-state index in [1.807, 2.05) is 37.2 Å². The minimum Gasteiger partial charge on any atom is -0.378 e. The fourth-order valence-corrected chi connectivity index (χ4v) is 2.91. The van der Waals surface area contributed by atoms with Crippen LogP contribution in [-0.4, -0.2) is 56.2 Å². The Hall–Kier alpha value is -2.76. The lowest BCUT2D eigenvalue weighted by molar-refractivity contribution is 0.194. The van der Waals surface area contributed by atoms with Gasteiger partial charge >= 0.3 is 6.03 Å². The smallest absolute Gasteiger partial charge is 0.317 e. The van der Waals surface area contributed by atoms with Crippen molar-refractivity contribution in [3.8, 4) is 0 Å². The maximum absolute atomic E-state index is 12.3. The number of piperazine rings is 1. The first-order chi connectivity index (χ1) is 12.1. The van der Waals surface area contributed by atoms with Gasteiger partial charge in [0.15, 0.2) is 0 Å². The molecule has 3 rings (SSSR count). The molecule has 0 bridgehead atoms. The molecule has 0 saturated carbocycles. The molecule has 2 amide bonds. The SMILES string of the molecule is CN(C)c1ccc(N2CCN(C(=O)NCc3ccccn3)CC2)cc1. The van der Waals surface area contributed by atoms with Gasteiger partial charge in [-0.05, 0) is 36.4 Å². The minimum absolute atomic E-state index is 0.0201. The van der Waals surface area contributed by atoms with Gasteiger partial charge in [0.25, 0.3) is 0 Å². The van der Waals surface area contributed by atoms with E-state index in [-0.39, 0.29) is 6.03 Å². The summed E-state index contributed by atoms with van der Waals surface area (Å²) < 4.78 is 0. The van der Waals surface area contributed by atoms with Crippen molar-refractivity contribution in [2.24, 2.45) is 0 Å². The van der Waals surface area contributed by atoms with Gasteiger partial charge in [-0.25, -0.2) is 4.79 Å². The molecule has 0 unspecified atom stereocenters. The Balaban J connectivity index is 1.48. The molecule has 1 N–H and O–H groups in total. The van der Waals surface area contributed by atoms with E-state index in [4.69, 9.17) is 0 Å². The van der Waals surface area contributed by atoms with E-state index < -0.39 is 0 Å². The first kappa shape index (κ1) is 17.1. The lowest BCUT2D eigenvalue weighted by atomic mass is 10.2. The van der Waals surface area contributed by atoms with Crippen molar-refractivity contribution in [3.05, 3.63) is 54.4 Å². The van der Waals surface area contributed by atoms with Crippen molar-refractivity contribution in [1.29, 1.82) is 0 Å². The van der Waals surface area contributed by atoms with Gasteiger partial charge in [0.2, 0.25) is 0 Å². The molecule has 0 atom stereocenters. The molecular weight excluding hydrogens is 314 g/mol. The molecule has 1 aromatic carbocycles. The molecule has 1 aliphatic heterocycles. The molecule has 6 nitrogen and oxygen atoms in total. The minimum atomic E-state index is -0.0201. The Morgan fingerprint density at radius 3 is 2.40 bits per heavy atom. The van der Waals surface area contributed by atoms with Crippen LogP contribution in [0.4, 0.5) is 16.2 Å². The summed E-state index contributed by atoms with van der Waals surface area (Å²) in [5.41, 5.74) is 3.27. The molecule has 1 aromatic heterocycles. The average molecular weight is 339 g/mol. The first-order valence-corrected chi connectivity index (χ1v) is 8.58. The normalized spacial score (nSPS) is 14.3. The summed E-state index contributed by atoms with van der Waals surface area (Å²) in [6.07, 6.45) is 1.74. The Morgan fingerprint density at radius 1 is 1.08 bits per heavy atom. The summed E-state index contributed by atoms with van der Waals surface area (Å²) >= 11 is 0. The predicted molar refractivity (Wildman–Crippen MR) is 101 cm³/mol. The second-order valence-electron chi connectivity index (χ2n) is 6.36. The van der Waals surface area contributed by atoms with Crippen LogP contribution >= 0.6 is 0 Å². The Kier molecular flexibility index (Phi) is 5.38. The molecule has 2 heterocycles. The summed E-state index contributed by atoms with van der Waals surface area (Å²) in [7, 11) is 4.08. The number of hydrogen-bond acceptors (Lipinski definition) is 4. The van der Waals surface area contributed by atoms with Gasteiger partial charge in [-0.2, -0.15) is 0 Å². The fraction of sp³-hybridized carbons (Fsp3) is 0.368. The van der Waals surface area contributed by atoms with Gasteiger partial charge in [-0.3, -0.25) is 4.98 Å². The van der Waals surface area contributed by atoms with E-state index in [0.717, 1.165) is 31.9 Å². The third-order valence-electron chi connectivity index (χ3n) is 4.45. The maximum Gasteiger partial charge on any atom is 0.317 e. The highest BCUT2D eigenvalue weighted by Gasteiger charge is 2.21. The number of hydrogen-bond donors (Lipinski definition) is 1. The number of urea groups is 1. The van der Waals surface area contributed by atoms with Crippen LogP contribution in [0.2, 0.25) is 0 Å². The predicted octanol–water partition coefficient (Wildman–Crippen LogP) is 2.18. The van der Waals surface area contributed by atoms with Crippen molar-refractivity contribution in [2.45, 2.75) is 6.54 Å². The average Bonchev–Trinajstić information content (AvgIpc) is 2.67. The van der Waals surface area contributed by atoms with Crippen LogP contribution in [0.1, 0.15) is 5.69 Å². The molecule has 0 aliphatic carbocycles. The highest BCUT2D eigenvalue weighted by molar-refractivity contribution is 5.74. The maximum atomic E-state index is 12.3. The van der Waals surface area contributed by atoms with Crippen LogP contribution in [0.15, 0.2) is 48.7 Å². The molecule has 1 aliphatic rings. The summed E-state index contributed by atoms with van der Waals surface area (Å²) in [5, 5.41) is 2.94.